The van der Waals surface area contributed by atoms with Gasteiger partial charge in [-0.3, -0.25) is 19.3 Å². The topological polar surface area (TPSA) is 172 Å². The first kappa shape index (κ1) is 26.3. The number of fused-ring (bicyclic) bond motifs is 1. The van der Waals surface area contributed by atoms with Crippen LogP contribution >= 0.6 is 23.1 Å². The molecule has 0 bridgehead atoms. The lowest BCUT2D eigenvalue weighted by Gasteiger charge is -2.48. The van der Waals surface area contributed by atoms with Gasteiger partial charge in [-0.1, -0.05) is 5.16 Å². The van der Waals surface area contributed by atoms with E-state index in [0.717, 1.165) is 11.3 Å². The quantitative estimate of drug-likeness (QED) is 0.173. The molecule has 15 heteroatoms. The lowest BCUT2D eigenvalue weighted by Crippen LogP contribution is -2.70. The van der Waals surface area contributed by atoms with Gasteiger partial charge in [0, 0.05) is 11.1 Å². The molecule has 3 heterocycles. The maximum absolute atomic E-state index is 12.9. The maximum Gasteiger partial charge on any atom is 0.518 e. The number of esters is 1. The molecular weight excluding hydrogens is 502 g/mol. The zero-order chi connectivity index (χ0) is 25.9. The normalized spacial score (nSPS) is 20.0. The number of anilines is 1. The first-order valence-electron chi connectivity index (χ1n) is 10.2. The Morgan fingerprint density at radius 3 is 2.63 bits per heavy atom. The summed E-state index contributed by atoms with van der Waals surface area (Å²) in [6.07, 6.45) is -1.14. The number of hydrogen-bond donors (Lipinski definition) is 2. The maximum atomic E-state index is 12.9. The molecule has 35 heavy (non-hydrogen) atoms. The van der Waals surface area contributed by atoms with Crippen LogP contribution in [0.4, 0.5) is 9.93 Å². The van der Waals surface area contributed by atoms with Crippen molar-refractivity contribution in [2.75, 3.05) is 25.4 Å². The number of carbonyl (C=O) groups excluding carboxylic acids is 4. The van der Waals surface area contributed by atoms with Gasteiger partial charge < -0.3 is 30.1 Å². The van der Waals surface area contributed by atoms with Gasteiger partial charge >= 0.3 is 12.1 Å². The molecule has 1 fully saturated rings. The third-order valence-electron chi connectivity index (χ3n) is 4.71. The highest BCUT2D eigenvalue weighted by atomic mass is 32.2. The van der Waals surface area contributed by atoms with E-state index >= 15 is 0 Å². The Morgan fingerprint density at radius 2 is 2.03 bits per heavy atom. The predicted octanol–water partition coefficient (Wildman–Crippen LogP) is 1.41. The van der Waals surface area contributed by atoms with Gasteiger partial charge in [-0.2, -0.15) is 0 Å². The number of nitrogen functional groups attached to an aromatic ring is 1. The van der Waals surface area contributed by atoms with E-state index in [0.29, 0.717) is 11.3 Å². The van der Waals surface area contributed by atoms with E-state index in [1.165, 1.54) is 23.8 Å². The number of rotatable bonds is 7. The first-order valence-corrected chi connectivity index (χ1v) is 12.2. The number of thioether (sulfide) groups is 1. The molecule has 1 aromatic rings. The second-order valence-corrected chi connectivity index (χ2v) is 10.4. The molecule has 0 aromatic carbocycles. The van der Waals surface area contributed by atoms with Crippen molar-refractivity contribution in [2.45, 2.75) is 39.1 Å². The Bertz CT molecular complexity index is 1090. The van der Waals surface area contributed by atoms with Crippen LogP contribution in [0.25, 0.3) is 0 Å². The van der Waals surface area contributed by atoms with E-state index in [2.05, 4.69) is 15.5 Å². The van der Waals surface area contributed by atoms with Crippen molar-refractivity contribution in [3.63, 3.8) is 0 Å². The highest BCUT2D eigenvalue weighted by Crippen LogP contribution is 2.40. The molecule has 190 valence electrons. The summed E-state index contributed by atoms with van der Waals surface area (Å²) >= 11 is 2.51. The van der Waals surface area contributed by atoms with Crippen molar-refractivity contribution < 1.29 is 38.2 Å². The standard InChI is InChI=1S/C20H25N5O8S2/c1-9-6-34-16-12(23-13(26)11(24-30-5)10-7-35-18(21)22-10)14(27)25(16)15(9)33-19(29)32-8-31-17(28)20(2,3)4/h7,12,16H,6,8H2,1-5H3,(H2,21,22)(H,23,26)/b24-11-/t12?,16-/m0/s1. The van der Waals surface area contributed by atoms with Crippen LogP contribution in [0.2, 0.25) is 0 Å². The molecule has 2 aliphatic heterocycles. The number of nitrogens with two attached hydrogens (primary N) is 1. The predicted molar refractivity (Wildman–Crippen MR) is 126 cm³/mol. The van der Waals surface area contributed by atoms with Crippen LogP contribution in [0.1, 0.15) is 33.4 Å². The van der Waals surface area contributed by atoms with Crippen LogP contribution < -0.4 is 11.1 Å². The van der Waals surface area contributed by atoms with E-state index in [4.69, 9.17) is 24.8 Å². The zero-order valence-electron chi connectivity index (χ0n) is 19.6. The molecule has 0 spiro atoms. The smallest absolute Gasteiger partial charge is 0.427 e. The van der Waals surface area contributed by atoms with Gasteiger partial charge in [0.2, 0.25) is 12.7 Å². The fourth-order valence-corrected chi connectivity index (χ4v) is 4.77. The highest BCUT2D eigenvalue weighted by Gasteiger charge is 2.54. The first-order chi connectivity index (χ1) is 16.4. The number of thiazole rings is 1. The number of amides is 2. The summed E-state index contributed by atoms with van der Waals surface area (Å²) in [5.74, 6) is -1.28. The number of β-lactam (4-membered cyclic amide) rings is 1. The average Bonchev–Trinajstić information content (AvgIpc) is 3.21. The summed E-state index contributed by atoms with van der Waals surface area (Å²) in [5.41, 5.74) is 5.56. The molecule has 2 atom stereocenters. The van der Waals surface area contributed by atoms with Crippen LogP contribution in [0.3, 0.4) is 0 Å². The van der Waals surface area contributed by atoms with E-state index in [-0.39, 0.29) is 22.4 Å². The lowest BCUT2D eigenvalue weighted by atomic mass is 9.98. The summed E-state index contributed by atoms with van der Waals surface area (Å²) in [7, 11) is 1.27. The number of hydrogen-bond acceptors (Lipinski definition) is 13. The minimum Gasteiger partial charge on any atom is -0.427 e. The van der Waals surface area contributed by atoms with Gasteiger partial charge in [-0.25, -0.2) is 9.78 Å². The molecule has 1 aromatic heterocycles. The van der Waals surface area contributed by atoms with Crippen molar-refractivity contribution >= 4 is 57.9 Å². The average molecular weight is 528 g/mol. The van der Waals surface area contributed by atoms with Gasteiger partial charge in [0.05, 0.1) is 5.41 Å². The van der Waals surface area contributed by atoms with Crippen molar-refractivity contribution in [3.05, 3.63) is 22.5 Å². The second-order valence-electron chi connectivity index (χ2n) is 8.44. The molecule has 2 aliphatic rings. The number of nitrogens with zero attached hydrogens (tertiary/aromatic N) is 3. The van der Waals surface area contributed by atoms with Crippen LogP contribution in [0, 0.1) is 5.41 Å². The molecule has 2 amide bonds. The summed E-state index contributed by atoms with van der Waals surface area (Å²) in [4.78, 5) is 59.5. The third-order valence-corrected chi connectivity index (χ3v) is 6.80. The Kier molecular flexibility index (Phi) is 7.90. The summed E-state index contributed by atoms with van der Waals surface area (Å²) < 4.78 is 14.9. The fraction of sp³-hybridized carbons (Fsp3) is 0.500. The van der Waals surface area contributed by atoms with Crippen molar-refractivity contribution in [3.8, 4) is 0 Å². The Balaban J connectivity index is 1.61. The van der Waals surface area contributed by atoms with Crippen LogP contribution in [-0.4, -0.2) is 70.6 Å². The summed E-state index contributed by atoms with van der Waals surface area (Å²) in [5, 5.41) is 7.58. The van der Waals surface area contributed by atoms with Crippen LogP contribution in [0.5, 0.6) is 0 Å². The molecule has 3 rings (SSSR count). The summed E-state index contributed by atoms with van der Waals surface area (Å²) in [6, 6.07) is -0.902. The molecule has 0 aliphatic carbocycles. The Hall–Kier alpha value is -3.33. The molecule has 1 unspecified atom stereocenters. The van der Waals surface area contributed by atoms with Crippen LogP contribution in [-0.2, 0) is 33.4 Å². The zero-order valence-corrected chi connectivity index (χ0v) is 21.3. The minimum atomic E-state index is -1.14. The number of carbonyl (C=O) groups is 4. The fourth-order valence-electron chi connectivity index (χ4n) is 2.96. The van der Waals surface area contributed by atoms with Gasteiger partial charge in [-0.05, 0) is 33.3 Å². The SMILES string of the molecule is CO/N=C(\C(=O)NC1C(=O)N2C(OC(=O)OCOC(=O)C(C)(C)C)=C(C)CS[C@@H]12)c1csc(N)n1. The van der Waals surface area contributed by atoms with Gasteiger partial charge in [0.15, 0.2) is 10.8 Å². The van der Waals surface area contributed by atoms with Gasteiger partial charge in [0.1, 0.15) is 24.2 Å². The van der Waals surface area contributed by atoms with E-state index in [1.807, 2.05) is 0 Å². The molecule has 0 saturated carbocycles. The lowest BCUT2D eigenvalue weighted by molar-refractivity contribution is -0.162. The molecule has 0 radical (unpaired) electrons. The number of ether oxygens (including phenoxy) is 3. The van der Waals surface area contributed by atoms with Crippen molar-refractivity contribution in [1.29, 1.82) is 0 Å². The number of aromatic nitrogens is 1. The largest absolute Gasteiger partial charge is 0.518 e. The Morgan fingerprint density at radius 1 is 1.31 bits per heavy atom. The highest BCUT2D eigenvalue weighted by molar-refractivity contribution is 8.00. The number of oxime groups is 1. The van der Waals surface area contributed by atoms with Gasteiger partial charge in [0.25, 0.3) is 11.8 Å². The van der Waals surface area contributed by atoms with E-state index < -0.39 is 47.6 Å². The molecule has 1 saturated heterocycles. The summed E-state index contributed by atoms with van der Waals surface area (Å²) in [6.45, 7) is 6.03. The molecule has 13 nitrogen and oxygen atoms in total. The van der Waals surface area contributed by atoms with Gasteiger partial charge in [-0.15, -0.1) is 23.1 Å². The molecule has 3 N–H and O–H groups in total. The Labute approximate surface area is 209 Å². The van der Waals surface area contributed by atoms with E-state index in [1.54, 1.807) is 33.1 Å². The minimum absolute atomic E-state index is 0.00875. The van der Waals surface area contributed by atoms with Crippen molar-refractivity contribution in [2.24, 2.45) is 10.6 Å². The van der Waals surface area contributed by atoms with Crippen LogP contribution in [0.15, 0.2) is 22.0 Å². The van der Waals surface area contributed by atoms with Crippen molar-refractivity contribution in [1.82, 2.24) is 15.2 Å². The molecular formula is C20H25N5O8S2. The third kappa shape index (κ3) is 5.85. The number of nitrogens with one attached hydrogen (secondary N) is 1. The van der Waals surface area contributed by atoms with E-state index in [9.17, 15) is 19.2 Å². The second kappa shape index (κ2) is 10.5. The monoisotopic (exact) mass is 527 g/mol.